The molecule has 15 heavy (non-hydrogen) atoms. The smallest absolute Gasteiger partial charge is 0.133 e. The van der Waals surface area contributed by atoms with Crippen molar-refractivity contribution in [2.45, 2.75) is 19.4 Å². The first kappa shape index (κ1) is 10.9. The third-order valence-corrected chi connectivity index (χ3v) is 3.11. The van der Waals surface area contributed by atoms with Crippen LogP contribution in [0.2, 0.25) is 0 Å². The Bertz CT molecular complexity index is 339. The van der Waals surface area contributed by atoms with E-state index >= 15 is 0 Å². The number of benzene rings is 1. The fourth-order valence-electron chi connectivity index (χ4n) is 1.35. The van der Waals surface area contributed by atoms with Crippen LogP contribution < -0.4 is 10.2 Å². The Morgan fingerprint density at radius 1 is 1.47 bits per heavy atom. The van der Waals surface area contributed by atoms with Gasteiger partial charge < -0.3 is 9.94 Å². The molecule has 0 spiro atoms. The van der Waals surface area contributed by atoms with Crippen LogP contribution in [-0.2, 0) is 6.54 Å². The molecule has 2 N–H and O–H groups in total. The van der Waals surface area contributed by atoms with Crippen molar-refractivity contribution in [2.75, 3.05) is 6.61 Å². The van der Waals surface area contributed by atoms with Crippen LogP contribution in [0.15, 0.2) is 22.7 Å². The molecule has 0 aliphatic heterocycles. The molecule has 1 saturated carbocycles. The molecule has 3 nitrogen and oxygen atoms in total. The average Bonchev–Trinajstić information content (AvgIpc) is 3.03. The highest BCUT2D eigenvalue weighted by atomic mass is 79.9. The Labute approximate surface area is 97.5 Å². The van der Waals surface area contributed by atoms with Crippen molar-refractivity contribution in [2.24, 2.45) is 5.92 Å². The van der Waals surface area contributed by atoms with Gasteiger partial charge in [-0.05, 0) is 52.4 Å². The van der Waals surface area contributed by atoms with E-state index in [1.54, 1.807) is 0 Å². The van der Waals surface area contributed by atoms with Crippen molar-refractivity contribution >= 4 is 15.9 Å². The standard InChI is InChI=1S/C11H14BrNO2/c12-10-4-3-9(6-13-14)5-11(10)15-7-8-1-2-8/h3-5,8,13-14H,1-2,6-7H2. The second-order valence-electron chi connectivity index (χ2n) is 3.85. The number of hydrogen-bond acceptors (Lipinski definition) is 3. The minimum Gasteiger partial charge on any atom is -0.492 e. The van der Waals surface area contributed by atoms with E-state index in [9.17, 15) is 0 Å². The van der Waals surface area contributed by atoms with Gasteiger partial charge in [-0.25, -0.2) is 5.48 Å². The van der Waals surface area contributed by atoms with Gasteiger partial charge in [0.25, 0.3) is 0 Å². The minimum absolute atomic E-state index is 0.438. The summed E-state index contributed by atoms with van der Waals surface area (Å²) in [6.45, 7) is 1.24. The number of rotatable bonds is 5. The highest BCUT2D eigenvalue weighted by molar-refractivity contribution is 9.10. The normalized spacial score (nSPS) is 15.3. The van der Waals surface area contributed by atoms with Gasteiger partial charge in [0, 0.05) is 6.54 Å². The lowest BCUT2D eigenvalue weighted by Crippen LogP contribution is -2.06. The summed E-state index contributed by atoms with van der Waals surface area (Å²) < 4.78 is 6.65. The van der Waals surface area contributed by atoms with Gasteiger partial charge in [0.15, 0.2) is 0 Å². The molecule has 1 aliphatic rings. The van der Waals surface area contributed by atoms with Gasteiger partial charge in [-0.2, -0.15) is 0 Å². The Balaban J connectivity index is 2.01. The van der Waals surface area contributed by atoms with E-state index in [-0.39, 0.29) is 0 Å². The molecule has 0 amide bonds. The van der Waals surface area contributed by atoms with Crippen LogP contribution in [0.4, 0.5) is 0 Å². The predicted molar refractivity (Wildman–Crippen MR) is 61.0 cm³/mol. The van der Waals surface area contributed by atoms with Gasteiger partial charge >= 0.3 is 0 Å². The van der Waals surface area contributed by atoms with Gasteiger partial charge in [0.2, 0.25) is 0 Å². The summed E-state index contributed by atoms with van der Waals surface area (Å²) in [6, 6.07) is 5.82. The van der Waals surface area contributed by atoms with Crippen LogP contribution >= 0.6 is 15.9 Å². The Hall–Kier alpha value is -0.580. The second-order valence-corrected chi connectivity index (χ2v) is 4.71. The molecule has 0 heterocycles. The van der Waals surface area contributed by atoms with Gasteiger partial charge in [-0.15, -0.1) is 0 Å². The number of hydroxylamine groups is 1. The monoisotopic (exact) mass is 271 g/mol. The zero-order valence-electron chi connectivity index (χ0n) is 8.37. The van der Waals surface area contributed by atoms with Crippen molar-refractivity contribution in [3.05, 3.63) is 28.2 Å². The number of hydrogen-bond donors (Lipinski definition) is 2. The summed E-state index contributed by atoms with van der Waals surface area (Å²) in [5.74, 6) is 1.60. The molecule has 1 aliphatic carbocycles. The molecule has 0 unspecified atom stereocenters. The maximum absolute atomic E-state index is 8.61. The molecular weight excluding hydrogens is 258 g/mol. The third-order valence-electron chi connectivity index (χ3n) is 2.45. The first-order valence-corrected chi connectivity index (χ1v) is 5.87. The SMILES string of the molecule is ONCc1ccc(Br)c(OCC2CC2)c1. The van der Waals surface area contributed by atoms with Crippen molar-refractivity contribution in [1.29, 1.82) is 0 Å². The maximum atomic E-state index is 8.61. The summed E-state index contributed by atoms with van der Waals surface area (Å²) >= 11 is 3.44. The Morgan fingerprint density at radius 3 is 2.93 bits per heavy atom. The molecule has 0 radical (unpaired) electrons. The molecule has 4 heteroatoms. The van der Waals surface area contributed by atoms with E-state index in [0.29, 0.717) is 6.54 Å². The summed E-state index contributed by atoms with van der Waals surface area (Å²) in [6.07, 6.45) is 2.57. The van der Waals surface area contributed by atoms with E-state index in [1.165, 1.54) is 12.8 Å². The van der Waals surface area contributed by atoms with Gasteiger partial charge in [-0.3, -0.25) is 0 Å². The topological polar surface area (TPSA) is 41.5 Å². The Morgan fingerprint density at radius 2 is 2.27 bits per heavy atom. The highest BCUT2D eigenvalue weighted by Gasteiger charge is 2.22. The van der Waals surface area contributed by atoms with E-state index in [2.05, 4.69) is 21.4 Å². The van der Waals surface area contributed by atoms with Crippen molar-refractivity contribution in [3.8, 4) is 5.75 Å². The molecule has 1 fully saturated rings. The largest absolute Gasteiger partial charge is 0.492 e. The lowest BCUT2D eigenvalue weighted by Gasteiger charge is -2.09. The molecule has 1 aromatic carbocycles. The highest BCUT2D eigenvalue weighted by Crippen LogP contribution is 2.32. The fraction of sp³-hybridized carbons (Fsp3) is 0.455. The van der Waals surface area contributed by atoms with Crippen molar-refractivity contribution in [3.63, 3.8) is 0 Å². The van der Waals surface area contributed by atoms with Gasteiger partial charge in [-0.1, -0.05) is 6.07 Å². The summed E-state index contributed by atoms with van der Waals surface area (Å²) in [5.41, 5.74) is 3.14. The van der Waals surface area contributed by atoms with Crippen LogP contribution in [-0.4, -0.2) is 11.8 Å². The lowest BCUT2D eigenvalue weighted by molar-refractivity contribution is 0.161. The van der Waals surface area contributed by atoms with Crippen LogP contribution in [0.1, 0.15) is 18.4 Å². The summed E-state index contributed by atoms with van der Waals surface area (Å²) in [7, 11) is 0. The zero-order valence-corrected chi connectivity index (χ0v) is 9.96. The van der Waals surface area contributed by atoms with Crippen molar-refractivity contribution < 1.29 is 9.94 Å². The third kappa shape index (κ3) is 3.19. The number of nitrogens with one attached hydrogen (secondary N) is 1. The van der Waals surface area contributed by atoms with E-state index in [0.717, 1.165) is 28.3 Å². The zero-order chi connectivity index (χ0) is 10.7. The van der Waals surface area contributed by atoms with Gasteiger partial charge in [0.05, 0.1) is 11.1 Å². The van der Waals surface area contributed by atoms with E-state index in [1.807, 2.05) is 18.2 Å². The van der Waals surface area contributed by atoms with Crippen LogP contribution in [0.5, 0.6) is 5.75 Å². The lowest BCUT2D eigenvalue weighted by atomic mass is 10.2. The maximum Gasteiger partial charge on any atom is 0.133 e. The predicted octanol–water partition coefficient (Wildman–Crippen LogP) is 2.72. The van der Waals surface area contributed by atoms with Crippen molar-refractivity contribution in [1.82, 2.24) is 5.48 Å². The Kier molecular flexibility index (Phi) is 3.61. The molecule has 1 aromatic rings. The minimum atomic E-state index is 0.438. The molecule has 82 valence electrons. The quantitative estimate of drug-likeness (QED) is 0.810. The van der Waals surface area contributed by atoms with E-state index in [4.69, 9.17) is 9.94 Å². The fourth-order valence-corrected chi connectivity index (χ4v) is 1.71. The average molecular weight is 272 g/mol. The van der Waals surface area contributed by atoms with Crippen LogP contribution in [0.3, 0.4) is 0 Å². The first-order chi connectivity index (χ1) is 7.29. The first-order valence-electron chi connectivity index (χ1n) is 5.08. The molecule has 0 atom stereocenters. The molecule has 0 saturated heterocycles. The van der Waals surface area contributed by atoms with E-state index < -0.39 is 0 Å². The van der Waals surface area contributed by atoms with Crippen LogP contribution in [0.25, 0.3) is 0 Å². The summed E-state index contributed by atoms with van der Waals surface area (Å²) in [4.78, 5) is 0. The molecular formula is C11H14BrNO2. The second kappa shape index (κ2) is 4.96. The number of halogens is 1. The van der Waals surface area contributed by atoms with Gasteiger partial charge in [0.1, 0.15) is 5.75 Å². The molecule has 0 bridgehead atoms. The molecule has 0 aromatic heterocycles. The summed E-state index contributed by atoms with van der Waals surface area (Å²) in [5, 5.41) is 8.61. The molecule has 2 rings (SSSR count). The number of ether oxygens (including phenoxy) is 1. The van der Waals surface area contributed by atoms with Crippen LogP contribution in [0, 0.1) is 5.92 Å².